The van der Waals surface area contributed by atoms with E-state index in [1.54, 1.807) is 0 Å². The highest BCUT2D eigenvalue weighted by atomic mass is 19.1. The van der Waals surface area contributed by atoms with Crippen LogP contribution >= 0.6 is 0 Å². The Balaban J connectivity index is 1.58. The molecule has 1 aliphatic heterocycles. The number of rotatable bonds is 3. The summed E-state index contributed by atoms with van der Waals surface area (Å²) in [6.07, 6.45) is 10.2. The van der Waals surface area contributed by atoms with Crippen molar-refractivity contribution < 1.29 is 4.39 Å². The molecule has 1 unspecified atom stereocenters. The van der Waals surface area contributed by atoms with Crippen molar-refractivity contribution in [3.05, 3.63) is 42.4 Å². The number of aromatic nitrogens is 2. The Bertz CT molecular complexity index is 640. The van der Waals surface area contributed by atoms with Gasteiger partial charge in [-0.15, -0.1) is 0 Å². The van der Waals surface area contributed by atoms with E-state index in [2.05, 4.69) is 33.8 Å². The van der Waals surface area contributed by atoms with Gasteiger partial charge in [-0.3, -0.25) is 0 Å². The smallest absolute Gasteiger partial charge is 0.111 e. The van der Waals surface area contributed by atoms with E-state index in [0.29, 0.717) is 6.42 Å². The maximum atomic E-state index is 14.9. The molecule has 0 saturated heterocycles. The molecule has 1 saturated carbocycles. The topological polar surface area (TPSA) is 17.8 Å². The predicted octanol–water partition coefficient (Wildman–Crippen LogP) is 4.91. The number of hydrogen-bond donors (Lipinski definition) is 0. The molecule has 0 amide bonds. The minimum atomic E-state index is -0.934. The van der Waals surface area contributed by atoms with Gasteiger partial charge in [0.2, 0.25) is 0 Å². The lowest BCUT2D eigenvalue weighted by Gasteiger charge is -2.30. The first-order valence-electron chi connectivity index (χ1n) is 8.07. The van der Waals surface area contributed by atoms with Crippen LogP contribution in [0.2, 0.25) is 0 Å². The Hall–Kier alpha value is -1.64. The quantitative estimate of drug-likeness (QED) is 0.783. The second kappa shape index (κ2) is 4.97. The summed E-state index contributed by atoms with van der Waals surface area (Å²) in [4.78, 5) is 4.27. The van der Waals surface area contributed by atoms with Crippen molar-refractivity contribution in [2.45, 2.75) is 56.7 Å². The highest BCUT2D eigenvalue weighted by Crippen LogP contribution is 2.44. The fourth-order valence-corrected chi connectivity index (χ4v) is 4.06. The van der Waals surface area contributed by atoms with Crippen LogP contribution in [0.4, 0.5) is 4.39 Å². The largest absolute Gasteiger partial charge is 0.323 e. The first-order chi connectivity index (χ1) is 10.3. The van der Waals surface area contributed by atoms with Crippen LogP contribution in [0.25, 0.3) is 11.3 Å². The Morgan fingerprint density at radius 1 is 1.19 bits per heavy atom. The Labute approximate surface area is 125 Å². The fraction of sp³-hybridized carbons (Fsp3) is 0.500. The molecule has 1 aliphatic carbocycles. The van der Waals surface area contributed by atoms with Crippen LogP contribution in [0, 0.1) is 0 Å². The van der Waals surface area contributed by atoms with Crippen LogP contribution < -0.4 is 0 Å². The third-order valence-electron chi connectivity index (χ3n) is 5.21. The van der Waals surface area contributed by atoms with E-state index in [0.717, 1.165) is 32.1 Å². The van der Waals surface area contributed by atoms with E-state index in [1.807, 2.05) is 12.5 Å². The van der Waals surface area contributed by atoms with Gasteiger partial charge in [-0.1, -0.05) is 43.5 Å². The maximum Gasteiger partial charge on any atom is 0.111 e. The normalized spacial score (nSPS) is 22.8. The highest BCUT2D eigenvalue weighted by Gasteiger charge is 2.35. The molecule has 0 radical (unpaired) electrons. The van der Waals surface area contributed by atoms with Gasteiger partial charge in [0.15, 0.2) is 0 Å². The molecule has 1 aromatic carbocycles. The Kier molecular flexibility index (Phi) is 3.09. The summed E-state index contributed by atoms with van der Waals surface area (Å²) < 4.78 is 17.1. The van der Waals surface area contributed by atoms with Gasteiger partial charge in [0.05, 0.1) is 24.3 Å². The van der Waals surface area contributed by atoms with Gasteiger partial charge in [0.25, 0.3) is 0 Å². The molecule has 21 heavy (non-hydrogen) atoms. The molecule has 2 nitrogen and oxygen atoms in total. The fourth-order valence-electron chi connectivity index (χ4n) is 4.06. The molecule has 3 heteroatoms. The first-order valence-corrected chi connectivity index (χ1v) is 8.07. The van der Waals surface area contributed by atoms with Crippen molar-refractivity contribution >= 4 is 0 Å². The van der Waals surface area contributed by atoms with Crippen molar-refractivity contribution in [2.24, 2.45) is 0 Å². The van der Waals surface area contributed by atoms with Gasteiger partial charge in [0, 0.05) is 5.56 Å². The number of imidazole rings is 1. The number of benzene rings is 1. The van der Waals surface area contributed by atoms with Crippen molar-refractivity contribution in [2.75, 3.05) is 0 Å². The minimum absolute atomic E-state index is 0.258. The van der Waals surface area contributed by atoms with Gasteiger partial charge in [-0.2, -0.15) is 0 Å². The van der Waals surface area contributed by atoms with Gasteiger partial charge in [-0.05, 0) is 31.2 Å². The van der Waals surface area contributed by atoms with Crippen LogP contribution in [0.1, 0.15) is 56.6 Å². The van der Waals surface area contributed by atoms with Gasteiger partial charge >= 0.3 is 0 Å². The standard InChI is InChI=1S/C18H21FN2/c19-18(9-4-1-5-10-18)11-8-16-14-6-2-3-7-15(14)17-12-20-13-21(16)17/h2-3,6-7,12-13,16H,1,4-5,8-11H2. The van der Waals surface area contributed by atoms with Crippen LogP contribution in [-0.2, 0) is 0 Å². The molecule has 0 bridgehead atoms. The molecule has 0 spiro atoms. The van der Waals surface area contributed by atoms with E-state index < -0.39 is 5.67 Å². The predicted molar refractivity (Wildman–Crippen MR) is 82.0 cm³/mol. The first kappa shape index (κ1) is 13.1. The monoisotopic (exact) mass is 284 g/mol. The van der Waals surface area contributed by atoms with E-state index in [-0.39, 0.29) is 6.04 Å². The molecular weight excluding hydrogens is 263 g/mol. The lowest BCUT2D eigenvalue weighted by atomic mass is 9.82. The summed E-state index contributed by atoms with van der Waals surface area (Å²) in [5.74, 6) is 0. The summed E-state index contributed by atoms with van der Waals surface area (Å²) in [6, 6.07) is 8.73. The average molecular weight is 284 g/mol. The Morgan fingerprint density at radius 2 is 2.00 bits per heavy atom. The number of alkyl halides is 1. The van der Waals surface area contributed by atoms with Crippen LogP contribution in [-0.4, -0.2) is 15.2 Å². The molecule has 2 heterocycles. The molecule has 4 rings (SSSR count). The molecular formula is C18H21FN2. The van der Waals surface area contributed by atoms with E-state index in [4.69, 9.17) is 0 Å². The zero-order valence-electron chi connectivity index (χ0n) is 12.3. The number of halogens is 1. The molecule has 1 atom stereocenters. The van der Waals surface area contributed by atoms with E-state index in [9.17, 15) is 4.39 Å². The summed E-state index contributed by atoms with van der Waals surface area (Å²) >= 11 is 0. The number of hydrogen-bond acceptors (Lipinski definition) is 1. The van der Waals surface area contributed by atoms with Crippen LogP contribution in [0.15, 0.2) is 36.8 Å². The third-order valence-corrected chi connectivity index (χ3v) is 5.21. The summed E-state index contributed by atoms with van der Waals surface area (Å²) in [7, 11) is 0. The second-order valence-electron chi connectivity index (χ2n) is 6.54. The summed E-state index contributed by atoms with van der Waals surface area (Å²) in [6.45, 7) is 0. The number of fused-ring (bicyclic) bond motifs is 3. The number of nitrogens with zero attached hydrogens (tertiary/aromatic N) is 2. The van der Waals surface area contributed by atoms with E-state index >= 15 is 0 Å². The molecule has 2 aliphatic rings. The van der Waals surface area contributed by atoms with E-state index in [1.165, 1.54) is 23.2 Å². The molecule has 1 fully saturated rings. The van der Waals surface area contributed by atoms with Gasteiger partial charge in [-0.25, -0.2) is 9.37 Å². The SMILES string of the molecule is FC1(CCC2c3ccccc3-c3cncn32)CCCCC1. The average Bonchev–Trinajstić information content (AvgIpc) is 3.07. The molecule has 0 N–H and O–H groups in total. The van der Waals surface area contributed by atoms with Crippen LogP contribution in [0.3, 0.4) is 0 Å². The van der Waals surface area contributed by atoms with Crippen molar-refractivity contribution in [1.29, 1.82) is 0 Å². The lowest BCUT2D eigenvalue weighted by molar-refractivity contribution is 0.0903. The van der Waals surface area contributed by atoms with Crippen LogP contribution in [0.5, 0.6) is 0 Å². The summed E-state index contributed by atoms with van der Waals surface area (Å²) in [5, 5.41) is 0. The zero-order valence-corrected chi connectivity index (χ0v) is 12.3. The Morgan fingerprint density at radius 3 is 2.86 bits per heavy atom. The second-order valence-corrected chi connectivity index (χ2v) is 6.54. The lowest BCUT2D eigenvalue weighted by Crippen LogP contribution is -2.27. The minimum Gasteiger partial charge on any atom is -0.323 e. The zero-order chi connectivity index (χ0) is 14.3. The molecule has 2 aromatic rings. The summed E-state index contributed by atoms with van der Waals surface area (Å²) in [5.41, 5.74) is 2.83. The maximum absolute atomic E-state index is 14.9. The van der Waals surface area contributed by atoms with Crippen molar-refractivity contribution in [3.8, 4) is 11.3 Å². The van der Waals surface area contributed by atoms with Crippen molar-refractivity contribution in [1.82, 2.24) is 9.55 Å². The molecule has 110 valence electrons. The van der Waals surface area contributed by atoms with Gasteiger partial charge < -0.3 is 4.57 Å². The van der Waals surface area contributed by atoms with Gasteiger partial charge in [0.1, 0.15) is 5.67 Å². The molecule has 1 aromatic heterocycles. The van der Waals surface area contributed by atoms with Crippen molar-refractivity contribution in [3.63, 3.8) is 0 Å². The highest BCUT2D eigenvalue weighted by molar-refractivity contribution is 5.68. The third kappa shape index (κ3) is 2.19.